The molecule has 6 nitrogen and oxygen atoms in total. The third-order valence-corrected chi connectivity index (χ3v) is 4.85. The molecule has 2 aliphatic heterocycles. The van der Waals surface area contributed by atoms with Crippen LogP contribution in [0.3, 0.4) is 0 Å². The van der Waals surface area contributed by atoms with Crippen LogP contribution in [0.2, 0.25) is 0 Å². The maximum absolute atomic E-state index is 12.2. The van der Waals surface area contributed by atoms with E-state index in [1.165, 1.54) is 0 Å². The Bertz CT molecular complexity index is 764. The van der Waals surface area contributed by atoms with E-state index in [9.17, 15) is 4.79 Å². The summed E-state index contributed by atoms with van der Waals surface area (Å²) in [6.07, 6.45) is 3.59. The SMILES string of the molecule is COc1cc(CNC(=O)N[C@@H]2C[C@H]3CC[C@@H]2O3)c2ccccc2n1. The number of urea groups is 1. The van der Waals surface area contributed by atoms with Crippen LogP contribution in [0.1, 0.15) is 24.8 Å². The number of hydrogen-bond donors (Lipinski definition) is 2. The zero-order chi connectivity index (χ0) is 16.5. The number of nitrogens with one attached hydrogen (secondary N) is 2. The van der Waals surface area contributed by atoms with Gasteiger partial charge in [-0.1, -0.05) is 18.2 Å². The molecule has 0 spiro atoms. The summed E-state index contributed by atoms with van der Waals surface area (Å²) in [5, 5.41) is 6.99. The van der Waals surface area contributed by atoms with Crippen molar-refractivity contribution < 1.29 is 14.3 Å². The molecule has 2 amide bonds. The predicted octanol–water partition coefficient (Wildman–Crippen LogP) is 2.36. The van der Waals surface area contributed by atoms with Gasteiger partial charge in [-0.2, -0.15) is 0 Å². The van der Waals surface area contributed by atoms with E-state index >= 15 is 0 Å². The lowest BCUT2D eigenvalue weighted by molar-refractivity contribution is 0.0981. The van der Waals surface area contributed by atoms with Crippen LogP contribution in [-0.4, -0.2) is 36.4 Å². The predicted molar refractivity (Wildman–Crippen MR) is 90.0 cm³/mol. The van der Waals surface area contributed by atoms with Gasteiger partial charge in [-0.25, -0.2) is 9.78 Å². The Morgan fingerprint density at radius 2 is 2.25 bits per heavy atom. The minimum atomic E-state index is -0.156. The first-order valence-corrected chi connectivity index (χ1v) is 8.35. The molecule has 24 heavy (non-hydrogen) atoms. The van der Waals surface area contributed by atoms with Crippen molar-refractivity contribution in [3.8, 4) is 5.88 Å². The lowest BCUT2D eigenvalue weighted by Crippen LogP contribution is -2.46. The highest BCUT2D eigenvalue weighted by atomic mass is 16.5. The molecule has 2 aliphatic rings. The van der Waals surface area contributed by atoms with Gasteiger partial charge in [0.2, 0.25) is 5.88 Å². The van der Waals surface area contributed by atoms with Crippen molar-refractivity contribution in [3.63, 3.8) is 0 Å². The molecule has 2 N–H and O–H groups in total. The van der Waals surface area contributed by atoms with Crippen molar-refractivity contribution in [1.82, 2.24) is 15.6 Å². The Morgan fingerprint density at radius 1 is 1.38 bits per heavy atom. The molecule has 6 heteroatoms. The molecule has 0 aliphatic carbocycles. The monoisotopic (exact) mass is 327 g/mol. The second kappa shape index (κ2) is 6.28. The van der Waals surface area contributed by atoms with Crippen LogP contribution < -0.4 is 15.4 Å². The van der Waals surface area contributed by atoms with Crippen molar-refractivity contribution in [2.24, 2.45) is 0 Å². The van der Waals surface area contributed by atoms with E-state index in [2.05, 4.69) is 15.6 Å². The van der Waals surface area contributed by atoms with Crippen LogP contribution in [0.4, 0.5) is 4.79 Å². The van der Waals surface area contributed by atoms with Gasteiger partial charge in [0, 0.05) is 18.0 Å². The summed E-state index contributed by atoms with van der Waals surface area (Å²) < 4.78 is 11.0. The average Bonchev–Trinajstić information content (AvgIpc) is 3.22. The van der Waals surface area contributed by atoms with Crippen LogP contribution in [0.5, 0.6) is 5.88 Å². The summed E-state index contributed by atoms with van der Waals surface area (Å²) in [6.45, 7) is 0.424. The molecule has 2 saturated heterocycles. The molecule has 2 bridgehead atoms. The third kappa shape index (κ3) is 2.89. The van der Waals surface area contributed by atoms with E-state index in [4.69, 9.17) is 9.47 Å². The number of benzene rings is 1. The summed E-state index contributed by atoms with van der Waals surface area (Å²) >= 11 is 0. The van der Waals surface area contributed by atoms with E-state index in [1.807, 2.05) is 30.3 Å². The van der Waals surface area contributed by atoms with Crippen molar-refractivity contribution >= 4 is 16.9 Å². The fourth-order valence-corrected chi connectivity index (χ4v) is 3.66. The van der Waals surface area contributed by atoms with Crippen LogP contribution in [-0.2, 0) is 11.3 Å². The van der Waals surface area contributed by atoms with Crippen LogP contribution >= 0.6 is 0 Å². The average molecular weight is 327 g/mol. The van der Waals surface area contributed by atoms with Gasteiger partial charge in [0.1, 0.15) is 0 Å². The Balaban J connectivity index is 1.43. The number of fused-ring (bicyclic) bond motifs is 3. The first kappa shape index (κ1) is 15.2. The topological polar surface area (TPSA) is 72.5 Å². The van der Waals surface area contributed by atoms with Crippen LogP contribution in [0.25, 0.3) is 10.9 Å². The number of methoxy groups -OCH3 is 1. The normalized spacial score (nSPS) is 25.0. The Labute approximate surface area is 140 Å². The number of rotatable bonds is 4. The number of aromatic nitrogens is 1. The largest absolute Gasteiger partial charge is 0.481 e. The van der Waals surface area contributed by atoms with Crippen molar-refractivity contribution in [3.05, 3.63) is 35.9 Å². The number of hydrogen-bond acceptors (Lipinski definition) is 4. The first-order valence-electron chi connectivity index (χ1n) is 8.35. The van der Waals surface area contributed by atoms with Gasteiger partial charge in [-0.15, -0.1) is 0 Å². The quantitative estimate of drug-likeness (QED) is 0.904. The molecule has 3 heterocycles. The van der Waals surface area contributed by atoms with Crippen LogP contribution in [0.15, 0.2) is 30.3 Å². The molecule has 4 rings (SSSR count). The van der Waals surface area contributed by atoms with Crippen molar-refractivity contribution in [2.45, 2.75) is 44.1 Å². The fourth-order valence-electron chi connectivity index (χ4n) is 3.66. The summed E-state index contributed by atoms with van der Waals surface area (Å²) in [6, 6.07) is 9.68. The molecular weight excluding hydrogens is 306 g/mol. The molecule has 1 aromatic carbocycles. The van der Waals surface area contributed by atoms with Gasteiger partial charge < -0.3 is 20.1 Å². The van der Waals surface area contributed by atoms with E-state index in [1.54, 1.807) is 7.11 Å². The third-order valence-electron chi connectivity index (χ3n) is 4.85. The number of para-hydroxylation sites is 1. The maximum Gasteiger partial charge on any atom is 0.315 e. The van der Waals surface area contributed by atoms with Crippen molar-refractivity contribution in [1.29, 1.82) is 0 Å². The molecule has 2 fully saturated rings. The molecule has 0 unspecified atom stereocenters. The summed E-state index contributed by atoms with van der Waals surface area (Å²) in [4.78, 5) is 16.6. The Kier molecular flexibility index (Phi) is 3.98. The molecule has 0 radical (unpaired) electrons. The van der Waals surface area contributed by atoms with Gasteiger partial charge in [0.25, 0.3) is 0 Å². The molecule has 0 saturated carbocycles. The van der Waals surface area contributed by atoms with Gasteiger partial charge in [-0.05, 0) is 30.9 Å². The molecule has 1 aromatic heterocycles. The first-order chi connectivity index (χ1) is 11.7. The van der Waals surface area contributed by atoms with Crippen molar-refractivity contribution in [2.75, 3.05) is 7.11 Å². The second-order valence-corrected chi connectivity index (χ2v) is 6.38. The van der Waals surface area contributed by atoms with Gasteiger partial charge in [0.15, 0.2) is 0 Å². The lowest BCUT2D eigenvalue weighted by atomic mass is 9.96. The van der Waals surface area contributed by atoms with Gasteiger partial charge in [-0.3, -0.25) is 0 Å². The minimum absolute atomic E-state index is 0.132. The van der Waals surface area contributed by atoms with Gasteiger partial charge >= 0.3 is 6.03 Å². The van der Waals surface area contributed by atoms with Gasteiger partial charge in [0.05, 0.1) is 30.9 Å². The standard InChI is InChI=1S/C18H21N3O3/c1-23-17-8-11(13-4-2-3-5-14(13)20-17)10-19-18(22)21-15-9-12-6-7-16(15)24-12/h2-5,8,12,15-16H,6-7,9-10H2,1H3,(H2,19,21,22)/t12-,15-,16+/m1/s1. The number of nitrogens with zero attached hydrogens (tertiary/aromatic N) is 1. The highest BCUT2D eigenvalue weighted by Crippen LogP contribution is 2.34. The smallest absolute Gasteiger partial charge is 0.315 e. The maximum atomic E-state index is 12.2. The highest BCUT2D eigenvalue weighted by molar-refractivity contribution is 5.83. The number of pyridine rings is 1. The van der Waals surface area contributed by atoms with E-state index in [0.29, 0.717) is 18.5 Å². The number of carbonyl (C=O) groups is 1. The second-order valence-electron chi connectivity index (χ2n) is 6.38. The van der Waals surface area contributed by atoms with E-state index in [0.717, 1.165) is 35.7 Å². The zero-order valence-corrected chi connectivity index (χ0v) is 13.6. The number of ether oxygens (including phenoxy) is 2. The van der Waals surface area contributed by atoms with Crippen LogP contribution in [0, 0.1) is 0 Å². The summed E-state index contributed by atoms with van der Waals surface area (Å²) in [5.41, 5.74) is 1.84. The molecule has 3 atom stereocenters. The molecule has 2 aromatic rings. The highest BCUT2D eigenvalue weighted by Gasteiger charge is 2.41. The number of amides is 2. The minimum Gasteiger partial charge on any atom is -0.481 e. The van der Waals surface area contributed by atoms with E-state index in [-0.39, 0.29) is 18.2 Å². The number of carbonyl (C=O) groups excluding carboxylic acids is 1. The Hall–Kier alpha value is -2.34. The van der Waals surface area contributed by atoms with E-state index < -0.39 is 0 Å². The molecular formula is C18H21N3O3. The fraction of sp³-hybridized carbons (Fsp3) is 0.444. The Morgan fingerprint density at radius 3 is 3.00 bits per heavy atom. The summed E-state index contributed by atoms with van der Waals surface area (Å²) in [5.74, 6) is 0.549. The molecule has 126 valence electrons. The zero-order valence-electron chi connectivity index (χ0n) is 13.6. The lowest BCUT2D eigenvalue weighted by Gasteiger charge is -2.20. The summed E-state index contributed by atoms with van der Waals surface area (Å²) in [7, 11) is 1.59.